The van der Waals surface area contributed by atoms with E-state index < -0.39 is 5.97 Å². The molecule has 0 aromatic heterocycles. The highest BCUT2D eigenvalue weighted by Crippen LogP contribution is 2.32. The van der Waals surface area contributed by atoms with Crippen molar-refractivity contribution in [3.63, 3.8) is 0 Å². The molecule has 0 bridgehead atoms. The second kappa shape index (κ2) is 7.70. The predicted molar refractivity (Wildman–Crippen MR) is 98.7 cm³/mol. The number of likely N-dealkylation sites (tertiary alicyclic amines) is 1. The second-order valence-corrected chi connectivity index (χ2v) is 6.82. The Balaban J connectivity index is 1.81. The zero-order chi connectivity index (χ0) is 17.8. The number of phenolic OH excluding ortho intramolecular Hbond substituents is 1. The Hall–Kier alpha value is -2.33. The molecule has 1 fully saturated rings. The van der Waals surface area contributed by atoms with Gasteiger partial charge < -0.3 is 10.2 Å². The van der Waals surface area contributed by atoms with Crippen molar-refractivity contribution in [2.24, 2.45) is 0 Å². The van der Waals surface area contributed by atoms with Crippen LogP contribution < -0.4 is 0 Å². The van der Waals surface area contributed by atoms with Crippen molar-refractivity contribution in [1.29, 1.82) is 0 Å². The Kier molecular flexibility index (Phi) is 5.39. The first kappa shape index (κ1) is 17.5. The van der Waals surface area contributed by atoms with Crippen molar-refractivity contribution in [3.8, 4) is 16.9 Å². The standard InChI is InChI=1S/C21H25NO3/c1-15(22-11-3-2-4-12-22)17-6-8-18(9-7-17)19-13-16(14-21(24)25)5-10-20(19)23/h5-10,13,15,23H,2-4,11-12,14H2,1H3,(H,24,25). The van der Waals surface area contributed by atoms with Gasteiger partial charge in [0.05, 0.1) is 6.42 Å². The molecule has 25 heavy (non-hydrogen) atoms. The Morgan fingerprint density at radius 3 is 2.40 bits per heavy atom. The summed E-state index contributed by atoms with van der Waals surface area (Å²) in [5.41, 5.74) is 3.54. The summed E-state index contributed by atoms with van der Waals surface area (Å²) in [5, 5.41) is 19.1. The topological polar surface area (TPSA) is 60.8 Å². The number of piperidine rings is 1. The average molecular weight is 339 g/mol. The normalized spacial score (nSPS) is 16.5. The van der Waals surface area contributed by atoms with E-state index in [0.29, 0.717) is 17.2 Å². The van der Waals surface area contributed by atoms with E-state index in [0.717, 1.165) is 18.7 Å². The van der Waals surface area contributed by atoms with E-state index in [1.165, 1.54) is 24.8 Å². The quantitative estimate of drug-likeness (QED) is 0.856. The van der Waals surface area contributed by atoms with Gasteiger partial charge in [0, 0.05) is 11.6 Å². The Labute approximate surface area is 148 Å². The highest BCUT2D eigenvalue weighted by molar-refractivity contribution is 5.74. The number of nitrogens with zero attached hydrogens (tertiary/aromatic N) is 1. The van der Waals surface area contributed by atoms with Gasteiger partial charge in [0.2, 0.25) is 0 Å². The molecular formula is C21H25NO3. The van der Waals surface area contributed by atoms with Crippen LogP contribution in [0.3, 0.4) is 0 Å². The molecule has 132 valence electrons. The van der Waals surface area contributed by atoms with Crippen LogP contribution in [-0.2, 0) is 11.2 Å². The van der Waals surface area contributed by atoms with Crippen LogP contribution in [0.2, 0.25) is 0 Å². The zero-order valence-electron chi connectivity index (χ0n) is 14.6. The molecular weight excluding hydrogens is 314 g/mol. The van der Waals surface area contributed by atoms with E-state index in [1.807, 2.05) is 12.1 Å². The van der Waals surface area contributed by atoms with Crippen molar-refractivity contribution in [1.82, 2.24) is 4.90 Å². The molecule has 0 saturated carbocycles. The molecule has 2 aromatic carbocycles. The van der Waals surface area contributed by atoms with Crippen molar-refractivity contribution < 1.29 is 15.0 Å². The monoisotopic (exact) mass is 339 g/mol. The first-order valence-electron chi connectivity index (χ1n) is 8.92. The number of carboxylic acid groups (broad SMARTS) is 1. The number of carboxylic acids is 1. The Morgan fingerprint density at radius 1 is 1.08 bits per heavy atom. The van der Waals surface area contributed by atoms with Crippen molar-refractivity contribution >= 4 is 5.97 Å². The van der Waals surface area contributed by atoms with Gasteiger partial charge in [-0.2, -0.15) is 0 Å². The molecule has 4 heteroatoms. The van der Waals surface area contributed by atoms with Gasteiger partial charge in [-0.3, -0.25) is 9.69 Å². The van der Waals surface area contributed by atoms with E-state index in [9.17, 15) is 9.90 Å². The summed E-state index contributed by atoms with van der Waals surface area (Å²) in [7, 11) is 0. The number of hydrogen-bond acceptors (Lipinski definition) is 3. The fourth-order valence-corrected chi connectivity index (χ4v) is 3.56. The number of carbonyl (C=O) groups is 1. The first-order chi connectivity index (χ1) is 12.0. The number of aromatic hydroxyl groups is 1. The smallest absolute Gasteiger partial charge is 0.307 e. The van der Waals surface area contributed by atoms with Gasteiger partial charge in [-0.25, -0.2) is 0 Å². The fraction of sp³-hybridized carbons (Fsp3) is 0.381. The fourth-order valence-electron chi connectivity index (χ4n) is 3.56. The van der Waals surface area contributed by atoms with E-state index in [2.05, 4.69) is 24.0 Å². The molecule has 1 unspecified atom stereocenters. The third-order valence-electron chi connectivity index (χ3n) is 5.06. The summed E-state index contributed by atoms with van der Waals surface area (Å²) in [6.07, 6.45) is 3.82. The summed E-state index contributed by atoms with van der Waals surface area (Å²) in [6, 6.07) is 13.6. The number of aliphatic carboxylic acids is 1. The van der Waals surface area contributed by atoms with Crippen LogP contribution in [0.1, 0.15) is 43.4 Å². The largest absolute Gasteiger partial charge is 0.507 e. The number of phenols is 1. The molecule has 1 atom stereocenters. The number of rotatable bonds is 5. The lowest BCUT2D eigenvalue weighted by molar-refractivity contribution is -0.136. The van der Waals surface area contributed by atoms with Crippen LogP contribution in [0.5, 0.6) is 5.75 Å². The maximum atomic E-state index is 10.9. The summed E-state index contributed by atoms with van der Waals surface area (Å²) >= 11 is 0. The molecule has 1 heterocycles. The van der Waals surface area contributed by atoms with E-state index in [4.69, 9.17) is 5.11 Å². The summed E-state index contributed by atoms with van der Waals surface area (Å²) < 4.78 is 0. The van der Waals surface area contributed by atoms with E-state index in [1.54, 1.807) is 18.2 Å². The molecule has 4 nitrogen and oxygen atoms in total. The number of hydrogen-bond donors (Lipinski definition) is 2. The van der Waals surface area contributed by atoms with Gasteiger partial charge in [0.15, 0.2) is 0 Å². The summed E-state index contributed by atoms with van der Waals surface area (Å²) in [6.45, 7) is 4.55. The Morgan fingerprint density at radius 2 is 1.76 bits per heavy atom. The lowest BCUT2D eigenvalue weighted by Gasteiger charge is -2.32. The van der Waals surface area contributed by atoms with E-state index >= 15 is 0 Å². The minimum Gasteiger partial charge on any atom is -0.507 e. The lowest BCUT2D eigenvalue weighted by Crippen LogP contribution is -2.32. The van der Waals surface area contributed by atoms with Crippen LogP contribution >= 0.6 is 0 Å². The summed E-state index contributed by atoms with van der Waals surface area (Å²) in [4.78, 5) is 13.4. The van der Waals surface area contributed by atoms with Crippen LogP contribution in [0.25, 0.3) is 11.1 Å². The molecule has 0 spiro atoms. The minimum atomic E-state index is -0.873. The third kappa shape index (κ3) is 4.20. The maximum absolute atomic E-state index is 10.9. The van der Waals surface area contributed by atoms with E-state index in [-0.39, 0.29) is 12.2 Å². The molecule has 0 amide bonds. The van der Waals surface area contributed by atoms with Crippen LogP contribution in [0, 0.1) is 0 Å². The van der Waals surface area contributed by atoms with Gasteiger partial charge >= 0.3 is 5.97 Å². The third-order valence-corrected chi connectivity index (χ3v) is 5.06. The zero-order valence-corrected chi connectivity index (χ0v) is 14.6. The first-order valence-corrected chi connectivity index (χ1v) is 8.92. The predicted octanol–water partition coefficient (Wildman–Crippen LogP) is 4.23. The molecule has 2 N–H and O–H groups in total. The van der Waals surface area contributed by atoms with Crippen molar-refractivity contribution in [2.75, 3.05) is 13.1 Å². The summed E-state index contributed by atoms with van der Waals surface area (Å²) in [5.74, 6) is -0.701. The minimum absolute atomic E-state index is 0.0443. The van der Waals surface area contributed by atoms with Gasteiger partial charge in [-0.1, -0.05) is 36.8 Å². The number of benzene rings is 2. The van der Waals surface area contributed by atoms with Gasteiger partial charge in [-0.15, -0.1) is 0 Å². The highest BCUT2D eigenvalue weighted by Gasteiger charge is 2.18. The van der Waals surface area contributed by atoms with Crippen molar-refractivity contribution in [2.45, 2.75) is 38.6 Å². The van der Waals surface area contributed by atoms with Crippen LogP contribution in [0.4, 0.5) is 0 Å². The highest BCUT2D eigenvalue weighted by atomic mass is 16.4. The molecule has 0 radical (unpaired) electrons. The van der Waals surface area contributed by atoms with Gasteiger partial charge in [-0.05, 0) is 61.7 Å². The van der Waals surface area contributed by atoms with Gasteiger partial charge in [0.1, 0.15) is 5.75 Å². The molecule has 1 saturated heterocycles. The van der Waals surface area contributed by atoms with Crippen molar-refractivity contribution in [3.05, 3.63) is 53.6 Å². The van der Waals surface area contributed by atoms with Crippen LogP contribution in [-0.4, -0.2) is 34.2 Å². The average Bonchev–Trinajstić information content (AvgIpc) is 2.63. The maximum Gasteiger partial charge on any atom is 0.307 e. The molecule has 3 rings (SSSR count). The molecule has 1 aliphatic heterocycles. The van der Waals surface area contributed by atoms with Crippen LogP contribution in [0.15, 0.2) is 42.5 Å². The Bertz CT molecular complexity index is 733. The lowest BCUT2D eigenvalue weighted by atomic mass is 9.97. The molecule has 1 aliphatic rings. The molecule has 2 aromatic rings. The SMILES string of the molecule is CC(c1ccc(-c2cc(CC(=O)O)ccc2O)cc1)N1CCCCC1. The van der Waals surface area contributed by atoms with Gasteiger partial charge in [0.25, 0.3) is 0 Å². The second-order valence-electron chi connectivity index (χ2n) is 6.82. The molecule has 0 aliphatic carbocycles.